The van der Waals surface area contributed by atoms with Gasteiger partial charge >= 0.3 is 0 Å². The van der Waals surface area contributed by atoms with Crippen LogP contribution in [0.2, 0.25) is 0 Å². The Balaban J connectivity index is 1.23. The Hall–Kier alpha value is -4.64. The first-order chi connectivity index (χ1) is 22.4. The third-order valence-corrected chi connectivity index (χ3v) is 8.37. The lowest BCUT2D eigenvalue weighted by Crippen LogP contribution is -2.34. The van der Waals surface area contributed by atoms with Gasteiger partial charge in [0, 0.05) is 60.0 Å². The predicted octanol–water partition coefficient (Wildman–Crippen LogP) is 5.84. The molecule has 11 nitrogen and oxygen atoms in total. The molecule has 0 aliphatic carbocycles. The average Bonchev–Trinajstić information content (AvgIpc) is 3.73. The van der Waals surface area contributed by atoms with Gasteiger partial charge in [0.1, 0.15) is 43.0 Å². The number of rotatable bonds is 14. The van der Waals surface area contributed by atoms with E-state index >= 15 is 0 Å². The van der Waals surface area contributed by atoms with Crippen molar-refractivity contribution in [1.82, 2.24) is 29.7 Å². The molecular weight excluding hydrogens is 584 g/mol. The summed E-state index contributed by atoms with van der Waals surface area (Å²) in [5.41, 5.74) is 7.86. The molecule has 0 spiro atoms. The SMILES string of the molecule is CCCC(=O)N(CCC)Cc1ncc(-c2cc3c4c(c2)OCc2cc(-c5cnc(CN(CCC)C(=O)COC)[nH]5)cc(c2-4)OC3)[nH]1. The Morgan fingerprint density at radius 2 is 1.26 bits per heavy atom. The van der Waals surface area contributed by atoms with Crippen molar-refractivity contribution in [2.45, 2.75) is 72.8 Å². The molecule has 4 aromatic rings. The molecule has 2 aliphatic heterocycles. The summed E-state index contributed by atoms with van der Waals surface area (Å²) < 4.78 is 17.7. The molecule has 0 bridgehead atoms. The van der Waals surface area contributed by atoms with Crippen LogP contribution in [0.3, 0.4) is 0 Å². The second-order valence-corrected chi connectivity index (χ2v) is 11.9. The molecular formula is C35H42N6O5. The highest BCUT2D eigenvalue weighted by atomic mass is 16.5. The molecule has 0 saturated heterocycles. The third-order valence-electron chi connectivity index (χ3n) is 8.37. The van der Waals surface area contributed by atoms with E-state index in [0.717, 1.165) is 81.4 Å². The van der Waals surface area contributed by atoms with E-state index in [1.807, 2.05) is 31.0 Å². The first kappa shape index (κ1) is 31.3. The van der Waals surface area contributed by atoms with Crippen molar-refractivity contribution in [2.24, 2.45) is 0 Å². The van der Waals surface area contributed by atoms with E-state index in [0.29, 0.717) is 51.6 Å². The first-order valence-corrected chi connectivity index (χ1v) is 16.1. The number of nitrogens with one attached hydrogen (secondary N) is 2. The van der Waals surface area contributed by atoms with Crippen molar-refractivity contribution in [1.29, 1.82) is 0 Å². The van der Waals surface area contributed by atoms with Crippen LogP contribution in [0.5, 0.6) is 11.5 Å². The maximum Gasteiger partial charge on any atom is 0.248 e. The lowest BCUT2D eigenvalue weighted by atomic mass is 9.87. The molecule has 2 aromatic carbocycles. The van der Waals surface area contributed by atoms with Crippen molar-refractivity contribution < 1.29 is 23.8 Å². The highest BCUT2D eigenvalue weighted by molar-refractivity contribution is 5.88. The molecule has 11 heteroatoms. The molecule has 2 aromatic heterocycles. The minimum Gasteiger partial charge on any atom is -0.488 e. The zero-order valence-corrected chi connectivity index (χ0v) is 27.1. The topological polar surface area (TPSA) is 126 Å². The maximum atomic E-state index is 12.6. The third kappa shape index (κ3) is 6.37. The van der Waals surface area contributed by atoms with Crippen LogP contribution in [0.4, 0.5) is 0 Å². The summed E-state index contributed by atoms with van der Waals surface area (Å²) in [5.74, 6) is 3.20. The van der Waals surface area contributed by atoms with E-state index in [1.165, 1.54) is 7.11 Å². The van der Waals surface area contributed by atoms with Crippen LogP contribution in [0.15, 0.2) is 36.7 Å². The number of H-pyrrole nitrogens is 2. The van der Waals surface area contributed by atoms with Gasteiger partial charge in [-0.05, 0) is 43.5 Å². The highest BCUT2D eigenvalue weighted by Crippen LogP contribution is 2.50. The number of hydrogen-bond acceptors (Lipinski definition) is 7. The lowest BCUT2D eigenvalue weighted by Gasteiger charge is -2.30. The molecule has 2 N–H and O–H groups in total. The number of amides is 2. The van der Waals surface area contributed by atoms with E-state index in [9.17, 15) is 9.59 Å². The molecule has 0 radical (unpaired) electrons. The van der Waals surface area contributed by atoms with Gasteiger partial charge in [0.15, 0.2) is 0 Å². The summed E-state index contributed by atoms with van der Waals surface area (Å²) in [5, 5.41) is 0. The number of methoxy groups -OCH3 is 1. The van der Waals surface area contributed by atoms with E-state index in [2.05, 4.69) is 45.1 Å². The quantitative estimate of drug-likeness (QED) is 0.180. The van der Waals surface area contributed by atoms with Crippen molar-refractivity contribution in [3.8, 4) is 45.1 Å². The van der Waals surface area contributed by atoms with Crippen LogP contribution < -0.4 is 9.47 Å². The number of benzene rings is 2. The van der Waals surface area contributed by atoms with Crippen molar-refractivity contribution in [3.05, 3.63) is 59.4 Å². The number of hydrogen-bond donors (Lipinski definition) is 2. The van der Waals surface area contributed by atoms with Gasteiger partial charge in [-0.1, -0.05) is 20.8 Å². The number of aromatic nitrogens is 4. The normalized spacial score (nSPS) is 12.7. The first-order valence-electron chi connectivity index (χ1n) is 16.1. The van der Waals surface area contributed by atoms with Gasteiger partial charge in [0.05, 0.1) is 36.9 Å². The van der Waals surface area contributed by atoms with Gasteiger partial charge in [0.25, 0.3) is 0 Å². The largest absolute Gasteiger partial charge is 0.488 e. The molecule has 46 heavy (non-hydrogen) atoms. The van der Waals surface area contributed by atoms with Gasteiger partial charge in [0.2, 0.25) is 11.8 Å². The zero-order valence-electron chi connectivity index (χ0n) is 27.1. The van der Waals surface area contributed by atoms with Crippen molar-refractivity contribution in [2.75, 3.05) is 26.8 Å². The Bertz CT molecular complexity index is 1550. The summed E-state index contributed by atoms with van der Waals surface area (Å²) in [4.78, 5) is 44.7. The van der Waals surface area contributed by atoms with Gasteiger partial charge in [-0.3, -0.25) is 9.59 Å². The summed E-state index contributed by atoms with van der Waals surface area (Å²) >= 11 is 0. The molecule has 242 valence electrons. The molecule has 0 fully saturated rings. The molecule has 6 rings (SSSR count). The number of aromatic amines is 2. The highest BCUT2D eigenvalue weighted by Gasteiger charge is 2.30. The van der Waals surface area contributed by atoms with E-state index in [4.69, 9.17) is 14.2 Å². The van der Waals surface area contributed by atoms with Crippen LogP contribution in [0, 0.1) is 0 Å². The van der Waals surface area contributed by atoms with Crippen LogP contribution in [0.1, 0.15) is 69.2 Å². The number of carbonyl (C=O) groups excluding carboxylic acids is 2. The number of ether oxygens (including phenoxy) is 3. The number of imidazole rings is 2. The molecule has 0 saturated carbocycles. The smallest absolute Gasteiger partial charge is 0.248 e. The average molecular weight is 627 g/mol. The van der Waals surface area contributed by atoms with Crippen molar-refractivity contribution in [3.63, 3.8) is 0 Å². The van der Waals surface area contributed by atoms with Gasteiger partial charge in [-0.2, -0.15) is 0 Å². The fourth-order valence-corrected chi connectivity index (χ4v) is 6.24. The van der Waals surface area contributed by atoms with E-state index in [-0.39, 0.29) is 18.4 Å². The summed E-state index contributed by atoms with van der Waals surface area (Å²) in [7, 11) is 1.53. The minimum absolute atomic E-state index is 0.0477. The Morgan fingerprint density at radius 3 is 1.72 bits per heavy atom. The number of carbonyl (C=O) groups is 2. The molecule has 2 aliphatic rings. The standard InChI is InChI=1S/C35H42N6O5/c1-5-8-32(42)40(9-6-2)17-30-36-15-26(38-30)22-11-24-19-46-29-14-23(12-25-20-45-28(13-22)34(24)35(25)29)27-16-37-31(39-27)18-41(10-7-3)33(43)21-44-4/h11-16H,5-10,17-21H2,1-4H3,(H,36,38)(H,37,39). The Morgan fingerprint density at radius 1 is 0.761 bits per heavy atom. The lowest BCUT2D eigenvalue weighted by molar-refractivity contribution is -0.136. The molecule has 4 heterocycles. The number of nitrogens with zero attached hydrogens (tertiary/aromatic N) is 4. The molecule has 0 unspecified atom stereocenters. The fraction of sp³-hybridized carbons (Fsp3) is 0.429. The van der Waals surface area contributed by atoms with Crippen LogP contribution in [-0.2, 0) is 40.6 Å². The van der Waals surface area contributed by atoms with Gasteiger partial charge < -0.3 is 34.0 Å². The van der Waals surface area contributed by atoms with Crippen LogP contribution in [-0.4, -0.2) is 68.4 Å². The van der Waals surface area contributed by atoms with Gasteiger partial charge in [-0.15, -0.1) is 0 Å². The molecule has 2 amide bonds. The fourth-order valence-electron chi connectivity index (χ4n) is 6.24. The minimum atomic E-state index is -0.0610. The summed E-state index contributed by atoms with van der Waals surface area (Å²) in [6, 6.07) is 8.35. The van der Waals surface area contributed by atoms with E-state index in [1.54, 1.807) is 11.1 Å². The van der Waals surface area contributed by atoms with Crippen LogP contribution in [0.25, 0.3) is 33.6 Å². The Kier molecular flexibility index (Phi) is 9.39. The summed E-state index contributed by atoms with van der Waals surface area (Å²) in [6.45, 7) is 9.20. The summed E-state index contributed by atoms with van der Waals surface area (Å²) in [6.07, 6.45) is 6.74. The monoisotopic (exact) mass is 626 g/mol. The van der Waals surface area contributed by atoms with E-state index < -0.39 is 0 Å². The van der Waals surface area contributed by atoms with Crippen LogP contribution >= 0.6 is 0 Å². The zero-order chi connectivity index (χ0) is 32.2. The predicted molar refractivity (Wildman–Crippen MR) is 174 cm³/mol. The molecule has 0 atom stereocenters. The Labute approximate surface area is 269 Å². The van der Waals surface area contributed by atoms with Gasteiger partial charge in [-0.25, -0.2) is 9.97 Å². The second-order valence-electron chi connectivity index (χ2n) is 11.9. The van der Waals surface area contributed by atoms with Crippen molar-refractivity contribution >= 4 is 11.8 Å². The second kappa shape index (κ2) is 13.8. The maximum absolute atomic E-state index is 12.6.